The number of hydrogen-bond acceptors (Lipinski definition) is 3. The van der Waals surface area contributed by atoms with Crippen molar-refractivity contribution in [2.24, 2.45) is 0 Å². The summed E-state index contributed by atoms with van der Waals surface area (Å²) < 4.78 is 0. The highest BCUT2D eigenvalue weighted by Gasteiger charge is 2.18. The zero-order valence-corrected chi connectivity index (χ0v) is 11.7. The van der Waals surface area contributed by atoms with Gasteiger partial charge in [0, 0.05) is 12.6 Å². The molecule has 102 valence electrons. The summed E-state index contributed by atoms with van der Waals surface area (Å²) in [6.07, 6.45) is 4.14. The number of unbranched alkanes of at least 4 members (excludes halogenated alkanes) is 1. The second-order valence-electron chi connectivity index (χ2n) is 4.61. The molecule has 0 aromatic heterocycles. The molecule has 0 saturated carbocycles. The quantitative estimate of drug-likeness (QED) is 0.617. The van der Waals surface area contributed by atoms with Gasteiger partial charge in [-0.3, -0.25) is 4.79 Å². The molecule has 4 nitrogen and oxygen atoms in total. The van der Waals surface area contributed by atoms with Crippen LogP contribution in [0.1, 0.15) is 46.5 Å². The summed E-state index contributed by atoms with van der Waals surface area (Å²) in [6.45, 7) is 8.50. The van der Waals surface area contributed by atoms with Crippen molar-refractivity contribution < 1.29 is 9.90 Å². The Kier molecular flexibility index (Phi) is 9.09. The van der Waals surface area contributed by atoms with Gasteiger partial charge in [-0.2, -0.15) is 0 Å². The van der Waals surface area contributed by atoms with E-state index >= 15 is 0 Å². The number of carbonyl (C=O) groups is 1. The number of nitrogens with zero attached hydrogens (tertiary/aromatic N) is 1. The van der Waals surface area contributed by atoms with Crippen LogP contribution in [0.4, 0.5) is 0 Å². The van der Waals surface area contributed by atoms with Crippen molar-refractivity contribution in [1.82, 2.24) is 10.2 Å². The van der Waals surface area contributed by atoms with Gasteiger partial charge >= 0.3 is 5.97 Å². The molecule has 0 aromatic rings. The van der Waals surface area contributed by atoms with Crippen LogP contribution in [-0.2, 0) is 4.79 Å². The van der Waals surface area contributed by atoms with Crippen molar-refractivity contribution in [2.45, 2.75) is 58.5 Å². The molecule has 2 N–H and O–H groups in total. The Hall–Kier alpha value is -0.610. The highest BCUT2D eigenvalue weighted by Crippen LogP contribution is 2.08. The van der Waals surface area contributed by atoms with Crippen molar-refractivity contribution in [3.8, 4) is 0 Å². The van der Waals surface area contributed by atoms with Crippen LogP contribution in [0.15, 0.2) is 0 Å². The van der Waals surface area contributed by atoms with Gasteiger partial charge < -0.3 is 15.3 Å². The molecule has 0 saturated heterocycles. The minimum atomic E-state index is -0.757. The van der Waals surface area contributed by atoms with Crippen molar-refractivity contribution in [2.75, 3.05) is 20.1 Å². The maximum atomic E-state index is 10.9. The number of aliphatic carboxylic acids is 1. The average molecular weight is 244 g/mol. The van der Waals surface area contributed by atoms with Gasteiger partial charge in [-0.1, -0.05) is 20.3 Å². The van der Waals surface area contributed by atoms with E-state index in [9.17, 15) is 4.79 Å². The third kappa shape index (κ3) is 6.64. The number of carboxylic acids is 1. The van der Waals surface area contributed by atoms with Gasteiger partial charge in [0.15, 0.2) is 0 Å². The summed E-state index contributed by atoms with van der Waals surface area (Å²) in [5, 5.41) is 11.8. The highest BCUT2D eigenvalue weighted by molar-refractivity contribution is 5.73. The van der Waals surface area contributed by atoms with Crippen LogP contribution in [0.3, 0.4) is 0 Å². The van der Waals surface area contributed by atoms with E-state index in [4.69, 9.17) is 5.11 Å². The Morgan fingerprint density at radius 3 is 2.41 bits per heavy atom. The van der Waals surface area contributed by atoms with Gasteiger partial charge in [-0.05, 0) is 39.8 Å². The fourth-order valence-corrected chi connectivity index (χ4v) is 1.86. The van der Waals surface area contributed by atoms with Crippen molar-refractivity contribution in [3.63, 3.8) is 0 Å². The summed E-state index contributed by atoms with van der Waals surface area (Å²) in [5.74, 6) is -0.757. The highest BCUT2D eigenvalue weighted by atomic mass is 16.4. The van der Waals surface area contributed by atoms with Gasteiger partial charge in [0.05, 0.1) is 0 Å². The van der Waals surface area contributed by atoms with Crippen LogP contribution in [0, 0.1) is 0 Å². The first-order valence-corrected chi connectivity index (χ1v) is 6.70. The molecule has 2 atom stereocenters. The Morgan fingerprint density at radius 1 is 1.35 bits per heavy atom. The topological polar surface area (TPSA) is 52.6 Å². The van der Waals surface area contributed by atoms with Gasteiger partial charge in [0.1, 0.15) is 6.04 Å². The summed E-state index contributed by atoms with van der Waals surface area (Å²) in [4.78, 5) is 13.3. The van der Waals surface area contributed by atoms with E-state index in [1.54, 1.807) is 7.05 Å². The molecule has 2 unspecified atom stereocenters. The zero-order chi connectivity index (χ0) is 13.3. The van der Waals surface area contributed by atoms with Crippen molar-refractivity contribution >= 4 is 5.97 Å². The molecule has 0 aliphatic rings. The Bertz CT molecular complexity index is 210. The predicted molar refractivity (Wildman–Crippen MR) is 71.3 cm³/mol. The smallest absolute Gasteiger partial charge is 0.320 e. The lowest BCUT2D eigenvalue weighted by Crippen LogP contribution is -2.40. The molecule has 0 spiro atoms. The van der Waals surface area contributed by atoms with E-state index in [2.05, 4.69) is 31.0 Å². The first-order valence-electron chi connectivity index (χ1n) is 6.70. The standard InChI is InChI=1S/C13H28N2O2/c1-5-7-9-15(11(3)6-2)10-8-12(14-4)13(16)17/h11-12,14H,5-10H2,1-4H3,(H,16,17). The monoisotopic (exact) mass is 244 g/mol. The lowest BCUT2D eigenvalue weighted by molar-refractivity contribution is -0.139. The van der Waals surface area contributed by atoms with Gasteiger partial charge in [-0.25, -0.2) is 0 Å². The molecule has 0 amide bonds. The lowest BCUT2D eigenvalue weighted by Gasteiger charge is -2.29. The maximum Gasteiger partial charge on any atom is 0.320 e. The summed E-state index contributed by atoms with van der Waals surface area (Å²) >= 11 is 0. The van der Waals surface area contributed by atoms with Gasteiger partial charge in [-0.15, -0.1) is 0 Å². The second-order valence-corrected chi connectivity index (χ2v) is 4.61. The van der Waals surface area contributed by atoms with Crippen LogP contribution in [0.2, 0.25) is 0 Å². The van der Waals surface area contributed by atoms with Crippen LogP contribution in [-0.4, -0.2) is 48.2 Å². The van der Waals surface area contributed by atoms with Gasteiger partial charge in [0.2, 0.25) is 0 Å². The molecule has 0 fully saturated rings. The molecular formula is C13H28N2O2. The molecule has 0 aromatic carbocycles. The third-order valence-corrected chi connectivity index (χ3v) is 3.36. The van der Waals surface area contributed by atoms with Gasteiger partial charge in [0.25, 0.3) is 0 Å². The molecule has 0 bridgehead atoms. The number of rotatable bonds is 10. The first-order chi connectivity index (χ1) is 8.06. The molecule has 0 heterocycles. The van der Waals surface area contributed by atoms with Crippen LogP contribution in [0.5, 0.6) is 0 Å². The third-order valence-electron chi connectivity index (χ3n) is 3.36. The lowest BCUT2D eigenvalue weighted by atomic mass is 10.1. The maximum absolute atomic E-state index is 10.9. The number of carboxylic acid groups (broad SMARTS) is 1. The molecule has 0 rings (SSSR count). The Balaban J connectivity index is 4.17. The Labute approximate surface area is 105 Å². The first kappa shape index (κ1) is 16.4. The van der Waals surface area contributed by atoms with Crippen molar-refractivity contribution in [3.05, 3.63) is 0 Å². The number of likely N-dealkylation sites (N-methyl/N-ethyl adjacent to an activating group) is 1. The van der Waals surface area contributed by atoms with E-state index in [1.165, 1.54) is 12.8 Å². The second kappa shape index (κ2) is 9.42. The predicted octanol–water partition coefficient (Wildman–Crippen LogP) is 1.95. The fraction of sp³-hybridized carbons (Fsp3) is 0.923. The zero-order valence-electron chi connectivity index (χ0n) is 11.7. The molecule has 0 aliphatic carbocycles. The number of nitrogens with one attached hydrogen (secondary N) is 1. The molecular weight excluding hydrogens is 216 g/mol. The normalized spacial score (nSPS) is 14.9. The van der Waals surface area contributed by atoms with Crippen LogP contribution < -0.4 is 5.32 Å². The average Bonchev–Trinajstić information content (AvgIpc) is 2.32. The summed E-state index contributed by atoms with van der Waals surface area (Å²) in [7, 11) is 1.71. The SMILES string of the molecule is CCCCN(CCC(NC)C(=O)O)C(C)CC. The molecule has 0 aliphatic heterocycles. The minimum absolute atomic E-state index is 0.428. The minimum Gasteiger partial charge on any atom is -0.480 e. The van der Waals surface area contributed by atoms with E-state index in [-0.39, 0.29) is 0 Å². The van der Waals surface area contributed by atoms with Crippen LogP contribution in [0.25, 0.3) is 0 Å². The summed E-state index contributed by atoms with van der Waals surface area (Å²) in [6, 6.07) is 0.107. The molecule has 0 radical (unpaired) electrons. The van der Waals surface area contributed by atoms with E-state index in [0.29, 0.717) is 12.5 Å². The van der Waals surface area contributed by atoms with Crippen LogP contribution >= 0.6 is 0 Å². The largest absolute Gasteiger partial charge is 0.480 e. The Morgan fingerprint density at radius 2 is 2.00 bits per heavy atom. The van der Waals surface area contributed by atoms with E-state index in [0.717, 1.165) is 19.5 Å². The molecule has 17 heavy (non-hydrogen) atoms. The fourth-order valence-electron chi connectivity index (χ4n) is 1.86. The van der Waals surface area contributed by atoms with E-state index < -0.39 is 12.0 Å². The van der Waals surface area contributed by atoms with Crippen molar-refractivity contribution in [1.29, 1.82) is 0 Å². The summed E-state index contributed by atoms with van der Waals surface area (Å²) in [5.41, 5.74) is 0. The van der Waals surface area contributed by atoms with E-state index in [1.807, 2.05) is 0 Å². The molecule has 4 heteroatoms. The number of hydrogen-bond donors (Lipinski definition) is 2.